The van der Waals surface area contributed by atoms with Crippen molar-refractivity contribution in [2.45, 2.75) is 32.0 Å². The number of rotatable bonds is 4. The van der Waals surface area contributed by atoms with Gasteiger partial charge in [-0.25, -0.2) is 4.39 Å². The number of benzene rings is 1. The Bertz CT molecular complexity index is 516. The molecule has 1 N–H and O–H groups in total. The third-order valence-electron chi connectivity index (χ3n) is 4.41. The maximum absolute atomic E-state index is 14.0. The first-order valence-corrected chi connectivity index (χ1v) is 7.68. The Morgan fingerprint density at radius 1 is 1.33 bits per heavy atom. The third-order valence-corrected chi connectivity index (χ3v) is 4.41. The molecular formula is C16H22FN3O. The van der Waals surface area contributed by atoms with Gasteiger partial charge in [0.2, 0.25) is 5.91 Å². The van der Waals surface area contributed by atoms with Gasteiger partial charge in [-0.15, -0.1) is 0 Å². The van der Waals surface area contributed by atoms with Gasteiger partial charge in [0.15, 0.2) is 0 Å². The minimum Gasteiger partial charge on any atom is -0.318 e. The van der Waals surface area contributed by atoms with Crippen LogP contribution in [0.1, 0.15) is 31.5 Å². The Morgan fingerprint density at radius 2 is 2.05 bits per heavy atom. The molecule has 0 aromatic heterocycles. The number of likely N-dealkylation sites (tertiary alicyclic amines) is 1. The number of amides is 1. The summed E-state index contributed by atoms with van der Waals surface area (Å²) in [6.07, 6.45) is 2.11. The third kappa shape index (κ3) is 2.94. The minimum atomic E-state index is -0.351. The van der Waals surface area contributed by atoms with Crippen LogP contribution in [0.5, 0.6) is 0 Å². The summed E-state index contributed by atoms with van der Waals surface area (Å²) >= 11 is 0. The molecule has 1 amide bonds. The minimum absolute atomic E-state index is 0.0509. The Labute approximate surface area is 124 Å². The maximum Gasteiger partial charge on any atom is 0.238 e. The van der Waals surface area contributed by atoms with Crippen molar-refractivity contribution in [3.8, 4) is 0 Å². The summed E-state index contributed by atoms with van der Waals surface area (Å²) in [5.41, 5.74) is 0.552. The molecule has 2 heterocycles. The molecular weight excluding hydrogens is 269 g/mol. The highest BCUT2D eigenvalue weighted by molar-refractivity contribution is 5.81. The second kappa shape index (κ2) is 6.12. The fraction of sp³-hybridized carbons (Fsp3) is 0.562. The molecule has 2 aliphatic heterocycles. The van der Waals surface area contributed by atoms with E-state index in [1.165, 1.54) is 18.9 Å². The molecule has 5 heteroatoms. The monoisotopic (exact) mass is 291 g/mol. The SMILES string of the molecule is CC(CN1CCCC1)N1C(=O)CNC1c1ccccc1F. The van der Waals surface area contributed by atoms with Crippen LogP contribution >= 0.6 is 0 Å². The van der Waals surface area contributed by atoms with E-state index < -0.39 is 0 Å². The molecule has 21 heavy (non-hydrogen) atoms. The van der Waals surface area contributed by atoms with E-state index in [0.717, 1.165) is 19.6 Å². The van der Waals surface area contributed by atoms with Gasteiger partial charge >= 0.3 is 0 Å². The fourth-order valence-corrected chi connectivity index (χ4v) is 3.40. The van der Waals surface area contributed by atoms with Crippen molar-refractivity contribution in [3.63, 3.8) is 0 Å². The van der Waals surface area contributed by atoms with E-state index in [1.54, 1.807) is 17.0 Å². The van der Waals surface area contributed by atoms with Gasteiger partial charge in [0.05, 0.1) is 6.54 Å². The zero-order chi connectivity index (χ0) is 14.8. The average molecular weight is 291 g/mol. The van der Waals surface area contributed by atoms with E-state index in [0.29, 0.717) is 5.56 Å². The number of hydrogen-bond acceptors (Lipinski definition) is 3. The standard InChI is InChI=1S/C16H22FN3O/c1-12(11-19-8-4-5-9-19)20-15(21)10-18-16(20)13-6-2-3-7-14(13)17/h2-3,6-7,12,16,18H,4-5,8-11H2,1H3. The average Bonchev–Trinajstić information content (AvgIpc) is 3.09. The molecule has 3 rings (SSSR count). The van der Waals surface area contributed by atoms with Crippen molar-refractivity contribution in [3.05, 3.63) is 35.6 Å². The molecule has 2 saturated heterocycles. The first kappa shape index (κ1) is 14.5. The fourth-order valence-electron chi connectivity index (χ4n) is 3.40. The predicted molar refractivity (Wildman–Crippen MR) is 79.1 cm³/mol. The second-order valence-electron chi connectivity index (χ2n) is 5.96. The van der Waals surface area contributed by atoms with E-state index in [1.807, 2.05) is 6.07 Å². The van der Waals surface area contributed by atoms with Crippen molar-refractivity contribution in [2.24, 2.45) is 0 Å². The van der Waals surface area contributed by atoms with Gasteiger partial charge in [0.25, 0.3) is 0 Å². The van der Waals surface area contributed by atoms with E-state index in [9.17, 15) is 9.18 Å². The number of hydrogen-bond donors (Lipinski definition) is 1. The van der Waals surface area contributed by atoms with E-state index in [2.05, 4.69) is 17.1 Å². The van der Waals surface area contributed by atoms with Crippen LogP contribution in [0.25, 0.3) is 0 Å². The molecule has 0 saturated carbocycles. The highest BCUT2D eigenvalue weighted by Crippen LogP contribution is 2.27. The van der Waals surface area contributed by atoms with E-state index >= 15 is 0 Å². The van der Waals surface area contributed by atoms with Crippen molar-refractivity contribution in [2.75, 3.05) is 26.2 Å². The lowest BCUT2D eigenvalue weighted by molar-refractivity contribution is -0.130. The zero-order valence-electron chi connectivity index (χ0n) is 12.4. The van der Waals surface area contributed by atoms with Crippen molar-refractivity contribution in [1.29, 1.82) is 0 Å². The normalized spacial score (nSPS) is 24.8. The van der Waals surface area contributed by atoms with Crippen LogP contribution in [0.4, 0.5) is 4.39 Å². The second-order valence-corrected chi connectivity index (χ2v) is 5.96. The summed E-state index contributed by atoms with van der Waals surface area (Å²) in [5.74, 6) is -0.210. The van der Waals surface area contributed by atoms with Crippen molar-refractivity contribution < 1.29 is 9.18 Å². The molecule has 2 unspecified atom stereocenters. The van der Waals surface area contributed by atoms with Crippen molar-refractivity contribution in [1.82, 2.24) is 15.1 Å². The Morgan fingerprint density at radius 3 is 2.76 bits per heavy atom. The maximum atomic E-state index is 14.0. The Balaban J connectivity index is 1.77. The first-order valence-electron chi connectivity index (χ1n) is 7.68. The van der Waals surface area contributed by atoms with Gasteiger partial charge < -0.3 is 9.80 Å². The van der Waals surface area contributed by atoms with Gasteiger partial charge in [-0.05, 0) is 38.9 Å². The number of nitrogens with one attached hydrogen (secondary N) is 1. The molecule has 4 nitrogen and oxygen atoms in total. The van der Waals surface area contributed by atoms with E-state index in [4.69, 9.17) is 0 Å². The molecule has 2 fully saturated rings. The number of halogens is 1. The van der Waals surface area contributed by atoms with Crippen molar-refractivity contribution >= 4 is 5.91 Å². The molecule has 1 aromatic carbocycles. The van der Waals surface area contributed by atoms with Crippen LogP contribution in [-0.4, -0.2) is 47.9 Å². The van der Waals surface area contributed by atoms with Crippen LogP contribution in [0.2, 0.25) is 0 Å². The summed E-state index contributed by atoms with van der Waals surface area (Å²) in [4.78, 5) is 16.4. The molecule has 114 valence electrons. The lowest BCUT2D eigenvalue weighted by Gasteiger charge is -2.33. The summed E-state index contributed by atoms with van der Waals surface area (Å²) in [6, 6.07) is 6.76. The lowest BCUT2D eigenvalue weighted by atomic mass is 10.1. The summed E-state index contributed by atoms with van der Waals surface area (Å²) in [6.45, 7) is 5.40. The quantitative estimate of drug-likeness (QED) is 0.918. The van der Waals surface area contributed by atoms with Crippen LogP contribution < -0.4 is 5.32 Å². The number of carbonyl (C=O) groups is 1. The Kier molecular flexibility index (Phi) is 4.22. The predicted octanol–water partition coefficient (Wildman–Crippen LogP) is 1.74. The molecule has 0 aliphatic carbocycles. The van der Waals surface area contributed by atoms with Gasteiger partial charge in [0.1, 0.15) is 12.0 Å². The van der Waals surface area contributed by atoms with Gasteiger partial charge in [-0.2, -0.15) is 0 Å². The number of carbonyl (C=O) groups excluding carboxylic acids is 1. The molecule has 0 spiro atoms. The van der Waals surface area contributed by atoms with Crippen LogP contribution in [0, 0.1) is 5.82 Å². The molecule has 2 aliphatic rings. The zero-order valence-corrected chi connectivity index (χ0v) is 12.4. The highest BCUT2D eigenvalue weighted by atomic mass is 19.1. The highest BCUT2D eigenvalue weighted by Gasteiger charge is 2.36. The molecule has 0 radical (unpaired) electrons. The molecule has 2 atom stereocenters. The smallest absolute Gasteiger partial charge is 0.238 e. The topological polar surface area (TPSA) is 35.6 Å². The largest absolute Gasteiger partial charge is 0.318 e. The summed E-state index contributed by atoms with van der Waals surface area (Å²) in [5, 5.41) is 3.14. The summed E-state index contributed by atoms with van der Waals surface area (Å²) in [7, 11) is 0. The van der Waals surface area contributed by atoms with E-state index in [-0.39, 0.29) is 30.5 Å². The van der Waals surface area contributed by atoms with Gasteiger partial charge in [-0.1, -0.05) is 18.2 Å². The lowest BCUT2D eigenvalue weighted by Crippen LogP contribution is -2.44. The summed E-state index contributed by atoms with van der Waals surface area (Å²) < 4.78 is 14.0. The van der Waals surface area contributed by atoms with Gasteiger partial charge in [0, 0.05) is 18.2 Å². The molecule has 0 bridgehead atoms. The Hall–Kier alpha value is -1.46. The van der Waals surface area contributed by atoms with Gasteiger partial charge in [-0.3, -0.25) is 10.1 Å². The van der Waals surface area contributed by atoms with Crippen LogP contribution in [-0.2, 0) is 4.79 Å². The number of nitrogens with zero attached hydrogens (tertiary/aromatic N) is 2. The first-order chi connectivity index (χ1) is 10.2. The molecule has 1 aromatic rings. The van der Waals surface area contributed by atoms with Crippen LogP contribution in [0.15, 0.2) is 24.3 Å². The van der Waals surface area contributed by atoms with Crippen LogP contribution in [0.3, 0.4) is 0 Å².